The lowest BCUT2D eigenvalue weighted by Gasteiger charge is -2.40. The average Bonchev–Trinajstić information content (AvgIpc) is 3.23. The molecule has 0 aromatic rings. The Morgan fingerprint density at radius 1 is 0.593 bits per heavy atom. The van der Waals surface area contributed by atoms with Gasteiger partial charge >= 0.3 is 0 Å². The molecule has 1 amide bonds. The summed E-state index contributed by atoms with van der Waals surface area (Å²) >= 11 is 0. The number of unbranched alkanes of at least 4 members (excludes halogenated alkanes) is 15. The number of aliphatic hydroxyl groups excluding tert-OH is 5. The summed E-state index contributed by atoms with van der Waals surface area (Å²) in [6.07, 6.45) is 48.2. The highest BCUT2D eigenvalue weighted by atomic mass is 16.7. The third-order valence-corrected chi connectivity index (χ3v) is 10.4. The highest BCUT2D eigenvalue weighted by Gasteiger charge is 2.44. The van der Waals surface area contributed by atoms with Crippen LogP contribution in [0.4, 0.5) is 0 Å². The zero-order chi connectivity index (χ0) is 43.0. The highest BCUT2D eigenvalue weighted by Crippen LogP contribution is 2.22. The Bertz CT molecular complexity index is 1190. The molecule has 0 aromatic heterocycles. The molecule has 1 heterocycles. The molecule has 1 aliphatic rings. The van der Waals surface area contributed by atoms with E-state index < -0.39 is 49.5 Å². The molecule has 0 saturated carbocycles. The van der Waals surface area contributed by atoms with E-state index in [-0.39, 0.29) is 12.5 Å². The normalized spacial score (nSPS) is 21.5. The smallest absolute Gasteiger partial charge is 0.220 e. The Morgan fingerprint density at radius 3 is 1.61 bits per heavy atom. The van der Waals surface area contributed by atoms with Gasteiger partial charge in [-0.25, -0.2) is 0 Å². The third kappa shape index (κ3) is 30.1. The minimum atomic E-state index is -1.57. The SMILES string of the molecule is CC/C=C\C/C=C\C/C=C\C/C=C\C/C=C\CCCCCCCCCCCCCCCC(=O)NC(COC1OC(CO)C(O)C(O)C1O)C(O)/C=C/CC/C=C/CCC. The Hall–Kier alpha value is -2.63. The van der Waals surface area contributed by atoms with Gasteiger partial charge in [0.2, 0.25) is 5.91 Å². The van der Waals surface area contributed by atoms with Gasteiger partial charge in [0, 0.05) is 6.42 Å². The van der Waals surface area contributed by atoms with Crippen LogP contribution in [0.5, 0.6) is 0 Å². The Kier molecular flexibility index (Phi) is 36.4. The molecule has 0 bridgehead atoms. The first-order valence-corrected chi connectivity index (χ1v) is 23.3. The van der Waals surface area contributed by atoms with E-state index in [2.05, 4.69) is 92.1 Å². The van der Waals surface area contributed by atoms with E-state index in [9.17, 15) is 30.3 Å². The first-order chi connectivity index (χ1) is 28.8. The highest BCUT2D eigenvalue weighted by molar-refractivity contribution is 5.76. The number of hydrogen-bond acceptors (Lipinski definition) is 8. The third-order valence-electron chi connectivity index (χ3n) is 10.4. The molecule has 59 heavy (non-hydrogen) atoms. The van der Waals surface area contributed by atoms with E-state index in [1.165, 1.54) is 70.6 Å². The second-order valence-electron chi connectivity index (χ2n) is 15.8. The summed E-state index contributed by atoms with van der Waals surface area (Å²) in [5.41, 5.74) is 0. The average molecular weight is 828 g/mol. The van der Waals surface area contributed by atoms with Gasteiger partial charge in [-0.15, -0.1) is 0 Å². The summed E-state index contributed by atoms with van der Waals surface area (Å²) in [6.45, 7) is 3.51. The lowest BCUT2D eigenvalue weighted by Crippen LogP contribution is -2.60. The maximum absolute atomic E-state index is 12.9. The van der Waals surface area contributed by atoms with Gasteiger partial charge in [0.25, 0.3) is 0 Å². The molecule has 1 fully saturated rings. The molecule has 9 nitrogen and oxygen atoms in total. The lowest BCUT2D eigenvalue weighted by atomic mass is 9.99. The monoisotopic (exact) mass is 828 g/mol. The number of ether oxygens (including phenoxy) is 2. The second kappa shape index (κ2) is 39.5. The van der Waals surface area contributed by atoms with Gasteiger partial charge in [-0.2, -0.15) is 0 Å². The fourth-order valence-corrected chi connectivity index (χ4v) is 6.73. The molecule has 9 heteroatoms. The zero-order valence-corrected chi connectivity index (χ0v) is 37.0. The molecular formula is C50H85NO8. The van der Waals surface area contributed by atoms with Crippen LogP contribution in [0, 0.1) is 0 Å². The number of aliphatic hydroxyl groups is 5. The van der Waals surface area contributed by atoms with Crippen LogP contribution in [0.2, 0.25) is 0 Å². The number of amides is 1. The van der Waals surface area contributed by atoms with Crippen molar-refractivity contribution >= 4 is 5.91 Å². The maximum atomic E-state index is 12.9. The fraction of sp³-hybridized carbons (Fsp3) is 0.700. The van der Waals surface area contributed by atoms with E-state index >= 15 is 0 Å². The number of carbonyl (C=O) groups excluding carboxylic acids is 1. The van der Waals surface area contributed by atoms with Crippen LogP contribution in [0.15, 0.2) is 85.1 Å². The van der Waals surface area contributed by atoms with Gasteiger partial charge in [0.15, 0.2) is 6.29 Å². The molecular weight excluding hydrogens is 743 g/mol. The van der Waals surface area contributed by atoms with E-state index in [1.807, 2.05) is 6.08 Å². The van der Waals surface area contributed by atoms with Gasteiger partial charge in [-0.05, 0) is 70.6 Å². The molecule has 7 atom stereocenters. The van der Waals surface area contributed by atoms with Gasteiger partial charge < -0.3 is 40.3 Å². The fourth-order valence-electron chi connectivity index (χ4n) is 6.73. The maximum Gasteiger partial charge on any atom is 0.220 e. The van der Waals surface area contributed by atoms with Crippen LogP contribution in [0.25, 0.3) is 0 Å². The van der Waals surface area contributed by atoms with Gasteiger partial charge in [-0.1, -0.05) is 176 Å². The Labute approximate surface area is 359 Å². The number of allylic oxidation sites excluding steroid dienone is 13. The van der Waals surface area contributed by atoms with E-state index in [4.69, 9.17) is 9.47 Å². The molecule has 0 radical (unpaired) electrons. The summed E-state index contributed by atoms with van der Waals surface area (Å²) in [4.78, 5) is 12.9. The first kappa shape index (κ1) is 54.4. The summed E-state index contributed by atoms with van der Waals surface area (Å²) in [5, 5.41) is 53.8. The summed E-state index contributed by atoms with van der Waals surface area (Å²) < 4.78 is 11.1. The predicted molar refractivity (Wildman–Crippen MR) is 244 cm³/mol. The molecule has 1 saturated heterocycles. The van der Waals surface area contributed by atoms with Crippen molar-refractivity contribution in [1.82, 2.24) is 5.32 Å². The van der Waals surface area contributed by atoms with E-state index in [0.717, 1.165) is 77.0 Å². The minimum Gasteiger partial charge on any atom is -0.394 e. The number of nitrogens with one attached hydrogen (secondary N) is 1. The number of hydrogen-bond donors (Lipinski definition) is 6. The molecule has 0 aliphatic carbocycles. The van der Waals surface area contributed by atoms with Crippen molar-refractivity contribution in [3.05, 3.63) is 85.1 Å². The van der Waals surface area contributed by atoms with Crippen LogP contribution in [-0.4, -0.2) is 87.5 Å². The van der Waals surface area contributed by atoms with Crippen LogP contribution in [0.1, 0.15) is 168 Å². The first-order valence-electron chi connectivity index (χ1n) is 23.3. The number of rotatable bonds is 37. The second-order valence-corrected chi connectivity index (χ2v) is 15.8. The summed E-state index contributed by atoms with van der Waals surface area (Å²) in [6, 6.07) is -0.823. The van der Waals surface area contributed by atoms with Crippen LogP contribution in [0.3, 0.4) is 0 Å². The molecule has 6 N–H and O–H groups in total. The predicted octanol–water partition coefficient (Wildman–Crippen LogP) is 9.94. The van der Waals surface area contributed by atoms with Crippen molar-refractivity contribution in [3.8, 4) is 0 Å². The summed E-state index contributed by atoms with van der Waals surface area (Å²) in [5.74, 6) is -0.198. The molecule has 0 spiro atoms. The van der Waals surface area contributed by atoms with E-state index in [1.54, 1.807) is 6.08 Å². The number of carbonyl (C=O) groups is 1. The lowest BCUT2D eigenvalue weighted by molar-refractivity contribution is -0.302. The van der Waals surface area contributed by atoms with Crippen LogP contribution < -0.4 is 5.32 Å². The molecule has 7 unspecified atom stereocenters. The van der Waals surface area contributed by atoms with Gasteiger partial charge in [0.05, 0.1) is 25.4 Å². The standard InChI is InChI=1S/C50H85NO8/c1-3-5-7-9-11-12-13-14-15-16-17-18-19-20-21-22-23-24-25-26-27-28-29-30-31-32-34-36-38-40-46(54)51-43(44(53)39-37-35-33-10-8-6-4-2)42-58-50-49(57)48(56)47(55)45(41-52)59-50/h5,7-8,10-12,14-15,17-18,20-21,37,39,43-45,47-50,52-53,55-57H,3-4,6,9,13,16,19,22-36,38,40-42H2,1-2H3,(H,51,54)/b7-5-,10-8+,12-11-,15-14-,18-17-,21-20-,39-37+. The van der Waals surface area contributed by atoms with Crippen LogP contribution >= 0.6 is 0 Å². The van der Waals surface area contributed by atoms with Crippen molar-refractivity contribution in [2.45, 2.75) is 211 Å². The summed E-state index contributed by atoms with van der Waals surface area (Å²) in [7, 11) is 0. The molecule has 1 aliphatic heterocycles. The Morgan fingerprint density at radius 2 is 1.07 bits per heavy atom. The Balaban J connectivity index is 2.15. The topological polar surface area (TPSA) is 149 Å². The van der Waals surface area contributed by atoms with Gasteiger partial charge in [0.1, 0.15) is 24.4 Å². The molecule has 0 aromatic carbocycles. The van der Waals surface area contributed by atoms with Crippen molar-refractivity contribution in [3.63, 3.8) is 0 Å². The largest absolute Gasteiger partial charge is 0.394 e. The van der Waals surface area contributed by atoms with Crippen molar-refractivity contribution in [2.24, 2.45) is 0 Å². The van der Waals surface area contributed by atoms with Crippen molar-refractivity contribution < 1.29 is 39.8 Å². The van der Waals surface area contributed by atoms with Gasteiger partial charge in [-0.3, -0.25) is 4.79 Å². The van der Waals surface area contributed by atoms with Crippen LogP contribution in [-0.2, 0) is 14.3 Å². The molecule has 338 valence electrons. The quantitative estimate of drug-likeness (QED) is 0.0268. The molecule has 1 rings (SSSR count). The van der Waals surface area contributed by atoms with Crippen molar-refractivity contribution in [1.29, 1.82) is 0 Å². The van der Waals surface area contributed by atoms with Crippen molar-refractivity contribution in [2.75, 3.05) is 13.2 Å². The van der Waals surface area contributed by atoms with E-state index in [0.29, 0.717) is 6.42 Å². The minimum absolute atomic E-state index is 0.198. The zero-order valence-electron chi connectivity index (χ0n) is 37.0.